The van der Waals surface area contributed by atoms with Crippen molar-refractivity contribution in [2.45, 2.75) is 38.6 Å². The Morgan fingerprint density at radius 1 is 1.35 bits per heavy atom. The number of nitrogens with one attached hydrogen (secondary N) is 2. The number of hydrogen-bond acceptors (Lipinski definition) is 3. The molecule has 1 aromatic heterocycles. The van der Waals surface area contributed by atoms with E-state index in [1.807, 2.05) is 11.3 Å². The zero-order valence-corrected chi connectivity index (χ0v) is 17.1. The van der Waals surface area contributed by atoms with Crippen LogP contribution in [0.2, 0.25) is 0 Å². The van der Waals surface area contributed by atoms with E-state index >= 15 is 0 Å². The molecule has 0 bridgehead atoms. The number of aliphatic imine (C=N–C) groups is 1. The van der Waals surface area contributed by atoms with Crippen molar-refractivity contribution in [1.29, 1.82) is 0 Å². The van der Waals surface area contributed by atoms with E-state index in [0.717, 1.165) is 44.0 Å². The van der Waals surface area contributed by atoms with E-state index < -0.39 is 0 Å². The van der Waals surface area contributed by atoms with Gasteiger partial charge in [0.25, 0.3) is 0 Å². The molecule has 0 radical (unpaired) electrons. The molecule has 2 fully saturated rings. The Labute approximate surface area is 161 Å². The van der Waals surface area contributed by atoms with Crippen LogP contribution in [0.4, 0.5) is 0 Å². The first-order chi connectivity index (χ1) is 10.8. The molecule has 6 heteroatoms. The highest BCUT2D eigenvalue weighted by atomic mass is 127. The number of hydrogen-bond donors (Lipinski definition) is 2. The predicted octanol–water partition coefficient (Wildman–Crippen LogP) is 2.95. The fourth-order valence-electron chi connectivity index (χ4n) is 3.10. The Morgan fingerprint density at radius 2 is 2.22 bits per heavy atom. The van der Waals surface area contributed by atoms with Crippen molar-refractivity contribution < 1.29 is 0 Å². The van der Waals surface area contributed by atoms with E-state index in [9.17, 15) is 0 Å². The lowest BCUT2D eigenvalue weighted by atomic mass is 10.1. The van der Waals surface area contributed by atoms with Crippen molar-refractivity contribution in [3.8, 4) is 0 Å². The van der Waals surface area contributed by atoms with Crippen molar-refractivity contribution in [1.82, 2.24) is 15.5 Å². The Bertz CT molecular complexity index is 473. The minimum Gasteiger partial charge on any atom is -0.357 e. The van der Waals surface area contributed by atoms with Gasteiger partial charge in [-0.2, -0.15) is 0 Å². The summed E-state index contributed by atoms with van der Waals surface area (Å²) < 4.78 is 0. The third-order valence-electron chi connectivity index (χ3n) is 4.48. The second-order valence-electron chi connectivity index (χ2n) is 6.36. The Kier molecular flexibility index (Phi) is 8.12. The average molecular weight is 448 g/mol. The van der Waals surface area contributed by atoms with Gasteiger partial charge in [-0.1, -0.05) is 6.07 Å². The number of rotatable bonds is 7. The molecule has 1 unspecified atom stereocenters. The second kappa shape index (κ2) is 9.84. The zero-order chi connectivity index (χ0) is 15.2. The van der Waals surface area contributed by atoms with Gasteiger partial charge in [0.05, 0.1) is 0 Å². The maximum absolute atomic E-state index is 4.80. The van der Waals surface area contributed by atoms with Crippen molar-refractivity contribution in [2.75, 3.05) is 32.7 Å². The summed E-state index contributed by atoms with van der Waals surface area (Å²) in [6.45, 7) is 7.49. The number of nitrogens with zero attached hydrogens (tertiary/aromatic N) is 2. The number of thiophene rings is 1. The van der Waals surface area contributed by atoms with Gasteiger partial charge < -0.3 is 15.5 Å². The first-order valence-corrected chi connectivity index (χ1v) is 9.51. The molecule has 2 aliphatic rings. The lowest BCUT2D eigenvalue weighted by Gasteiger charge is -2.15. The summed E-state index contributed by atoms with van der Waals surface area (Å²) >= 11 is 1.82. The quantitative estimate of drug-likeness (QED) is 0.383. The summed E-state index contributed by atoms with van der Waals surface area (Å²) in [5.41, 5.74) is 0. The molecule has 2 N–H and O–H groups in total. The Morgan fingerprint density at radius 3 is 2.91 bits per heavy atom. The van der Waals surface area contributed by atoms with E-state index in [0.29, 0.717) is 0 Å². The summed E-state index contributed by atoms with van der Waals surface area (Å²) in [5.74, 6) is 1.72. The van der Waals surface area contributed by atoms with E-state index in [4.69, 9.17) is 4.99 Å². The fourth-order valence-corrected chi connectivity index (χ4v) is 3.81. The lowest BCUT2D eigenvalue weighted by Crippen LogP contribution is -2.38. The molecule has 1 saturated carbocycles. The van der Waals surface area contributed by atoms with Crippen molar-refractivity contribution >= 4 is 41.3 Å². The third kappa shape index (κ3) is 6.23. The molecule has 1 saturated heterocycles. The highest BCUT2D eigenvalue weighted by Gasteiger charge is 2.34. The van der Waals surface area contributed by atoms with E-state index in [1.54, 1.807) is 0 Å². The molecular formula is C17H29IN4S. The molecule has 0 amide bonds. The zero-order valence-electron chi connectivity index (χ0n) is 14.0. The maximum atomic E-state index is 4.80. The first-order valence-electron chi connectivity index (χ1n) is 8.63. The lowest BCUT2D eigenvalue weighted by molar-refractivity contribution is 0.315. The molecule has 130 valence electrons. The average Bonchev–Trinajstić information content (AvgIpc) is 3.05. The summed E-state index contributed by atoms with van der Waals surface area (Å²) in [6, 6.07) is 5.22. The highest BCUT2D eigenvalue weighted by Crippen LogP contribution is 2.31. The molecule has 4 nitrogen and oxygen atoms in total. The van der Waals surface area contributed by atoms with Gasteiger partial charge in [0.2, 0.25) is 0 Å². The first kappa shape index (κ1) is 19.0. The van der Waals surface area contributed by atoms with Crippen molar-refractivity contribution in [3.63, 3.8) is 0 Å². The number of guanidine groups is 1. The summed E-state index contributed by atoms with van der Waals surface area (Å²) in [4.78, 5) is 8.89. The van der Waals surface area contributed by atoms with Gasteiger partial charge in [0.1, 0.15) is 0 Å². The largest absolute Gasteiger partial charge is 0.357 e. The van der Waals surface area contributed by atoms with Gasteiger partial charge in [-0.05, 0) is 56.5 Å². The van der Waals surface area contributed by atoms with Crippen LogP contribution in [0.25, 0.3) is 0 Å². The normalized spacial score (nSPS) is 22.0. The number of halogens is 1. The van der Waals surface area contributed by atoms with Crippen LogP contribution in [0.15, 0.2) is 22.5 Å². The minimum atomic E-state index is 0. The minimum absolute atomic E-state index is 0. The van der Waals surface area contributed by atoms with E-state index in [2.05, 4.69) is 40.0 Å². The smallest absolute Gasteiger partial charge is 0.191 e. The third-order valence-corrected chi connectivity index (χ3v) is 5.41. The molecule has 2 heterocycles. The van der Waals surface area contributed by atoms with E-state index in [-0.39, 0.29) is 24.0 Å². The number of likely N-dealkylation sites (tertiary alicyclic amines) is 1. The van der Waals surface area contributed by atoms with E-state index in [1.165, 1.54) is 37.2 Å². The molecule has 1 atom stereocenters. The van der Waals surface area contributed by atoms with Gasteiger partial charge in [-0.25, -0.2) is 0 Å². The Hall–Kier alpha value is -0.340. The second-order valence-corrected chi connectivity index (χ2v) is 7.39. The summed E-state index contributed by atoms with van der Waals surface area (Å²) in [5, 5.41) is 8.96. The topological polar surface area (TPSA) is 39.7 Å². The van der Waals surface area contributed by atoms with Crippen LogP contribution < -0.4 is 10.6 Å². The monoisotopic (exact) mass is 448 g/mol. The summed E-state index contributed by atoms with van der Waals surface area (Å²) in [6.07, 6.45) is 5.22. The van der Waals surface area contributed by atoms with Crippen LogP contribution >= 0.6 is 35.3 Å². The molecule has 1 aliphatic heterocycles. The van der Waals surface area contributed by atoms with Gasteiger partial charge in [-0.3, -0.25) is 4.99 Å². The molecule has 1 aliphatic carbocycles. The van der Waals surface area contributed by atoms with Gasteiger partial charge in [0.15, 0.2) is 5.96 Å². The van der Waals surface area contributed by atoms with Crippen LogP contribution in [0.3, 0.4) is 0 Å². The van der Waals surface area contributed by atoms with Gasteiger partial charge in [-0.15, -0.1) is 35.3 Å². The van der Waals surface area contributed by atoms with Gasteiger partial charge >= 0.3 is 0 Å². The van der Waals surface area contributed by atoms with Crippen LogP contribution in [-0.4, -0.2) is 49.6 Å². The molecule has 3 rings (SSSR count). The summed E-state index contributed by atoms with van der Waals surface area (Å²) in [7, 11) is 0. The van der Waals surface area contributed by atoms with Crippen LogP contribution in [-0.2, 0) is 6.42 Å². The molecule has 23 heavy (non-hydrogen) atoms. The van der Waals surface area contributed by atoms with Crippen LogP contribution in [0, 0.1) is 5.92 Å². The maximum Gasteiger partial charge on any atom is 0.191 e. The molecular weight excluding hydrogens is 419 g/mol. The SMILES string of the molecule is CCNC(=NCC1CCN(C2CC2)C1)NCCc1cccs1.I. The van der Waals surface area contributed by atoms with Crippen LogP contribution in [0.5, 0.6) is 0 Å². The molecule has 1 aromatic rings. The van der Waals surface area contributed by atoms with Crippen LogP contribution in [0.1, 0.15) is 31.1 Å². The fraction of sp³-hybridized carbons (Fsp3) is 0.706. The highest BCUT2D eigenvalue weighted by molar-refractivity contribution is 14.0. The van der Waals surface area contributed by atoms with Gasteiger partial charge in [0, 0.05) is 37.1 Å². The molecule has 0 spiro atoms. The predicted molar refractivity (Wildman–Crippen MR) is 110 cm³/mol. The molecule has 0 aromatic carbocycles. The standard InChI is InChI=1S/C17H28N4S.HI/c1-2-18-17(19-9-7-16-4-3-11-22-16)20-12-14-8-10-21(13-14)15-5-6-15;/h3-4,11,14-15H,2,5-10,12-13H2,1H3,(H2,18,19,20);1H. The van der Waals surface area contributed by atoms with Crippen molar-refractivity contribution in [2.24, 2.45) is 10.9 Å². The van der Waals surface area contributed by atoms with Crippen molar-refractivity contribution in [3.05, 3.63) is 22.4 Å². The Balaban J connectivity index is 0.00000192.